The summed E-state index contributed by atoms with van der Waals surface area (Å²) in [6.07, 6.45) is 12.5. The fourth-order valence-electron chi connectivity index (χ4n) is 4.68. The van der Waals surface area contributed by atoms with Crippen LogP contribution in [0.3, 0.4) is 0 Å². The topological polar surface area (TPSA) is 55.4 Å². The maximum Gasteiger partial charge on any atom is 0.227 e. The fourth-order valence-corrected chi connectivity index (χ4v) is 4.88. The summed E-state index contributed by atoms with van der Waals surface area (Å²) in [6.45, 7) is 13.9. The van der Waals surface area contributed by atoms with E-state index in [1.165, 1.54) is 29.5 Å². The van der Waals surface area contributed by atoms with Gasteiger partial charge in [0.15, 0.2) is 5.78 Å². The molecule has 1 aromatic carbocycles. The minimum atomic E-state index is 0.109. The van der Waals surface area contributed by atoms with E-state index in [-0.39, 0.29) is 17.6 Å². The number of ether oxygens (including phenoxy) is 1. The smallest absolute Gasteiger partial charge is 0.227 e. The van der Waals surface area contributed by atoms with Crippen molar-refractivity contribution >= 4 is 23.3 Å². The van der Waals surface area contributed by atoms with Crippen LogP contribution >= 0.6 is 11.6 Å². The summed E-state index contributed by atoms with van der Waals surface area (Å²) in [5.74, 6) is 1.82. The molecule has 1 fully saturated rings. The van der Waals surface area contributed by atoms with Gasteiger partial charge in [-0.25, -0.2) is 0 Å². The van der Waals surface area contributed by atoms with Crippen molar-refractivity contribution in [3.05, 3.63) is 69.1 Å². The van der Waals surface area contributed by atoms with E-state index in [2.05, 4.69) is 33.0 Å². The lowest BCUT2D eigenvalue weighted by molar-refractivity contribution is -0.125. The Morgan fingerprint density at radius 1 is 1.05 bits per heavy atom. The molecule has 1 aliphatic rings. The zero-order valence-corrected chi connectivity index (χ0v) is 25.1. The van der Waals surface area contributed by atoms with E-state index >= 15 is 0 Å². The van der Waals surface area contributed by atoms with Crippen molar-refractivity contribution < 1.29 is 14.3 Å². The number of allylic oxidation sites excluding steroid dienone is 5. The number of Topliss-reactive ketones (excluding diaryl/α,β-unsaturated/α-hetero) is 1. The van der Waals surface area contributed by atoms with Gasteiger partial charge in [-0.3, -0.25) is 9.59 Å². The Kier molecular flexibility index (Phi) is 15.2. The molecule has 0 saturated heterocycles. The Morgan fingerprint density at radius 2 is 1.70 bits per heavy atom. The number of halogens is 1. The third-order valence-electron chi connectivity index (χ3n) is 7.21. The maximum absolute atomic E-state index is 12.7. The van der Waals surface area contributed by atoms with Crippen molar-refractivity contribution in [1.82, 2.24) is 5.32 Å². The second kappa shape index (κ2) is 17.2. The van der Waals surface area contributed by atoms with Gasteiger partial charge in [0.1, 0.15) is 5.76 Å². The molecule has 206 valence electrons. The predicted molar refractivity (Wildman–Crippen MR) is 157 cm³/mol. The highest BCUT2D eigenvalue weighted by molar-refractivity contribution is 6.31. The predicted octanol–water partition coefficient (Wildman–Crippen LogP) is 8.83. The Hall–Kier alpha value is -2.33. The zero-order chi connectivity index (χ0) is 28.0. The standard InChI is InChI=1S/C21H34ClNO2.C11H14O/c1-6-8-17-9-11-18(12-10-17)21(24)23-19(13-15(3)7-2)14-20(22)16(4)25-5;1-4-10-8(2)6-5-7-11(10)9(3)12/h13-14,17-18H,6-12H2,1-5H3,(H,23,24);5-7H,4H2,1-3H3/b15-13?,19-14+,20-16-;. The lowest BCUT2D eigenvalue weighted by Crippen LogP contribution is -2.32. The fraction of sp³-hybridized carbons (Fsp3) is 0.562. The van der Waals surface area contributed by atoms with Gasteiger partial charge in [0.05, 0.1) is 12.1 Å². The number of rotatable bonds is 10. The number of nitrogens with one attached hydrogen (secondary N) is 1. The molecule has 0 aliphatic heterocycles. The lowest BCUT2D eigenvalue weighted by Gasteiger charge is -2.27. The molecule has 1 amide bonds. The number of amides is 1. The molecule has 5 heteroatoms. The highest BCUT2D eigenvalue weighted by atomic mass is 35.5. The molecule has 37 heavy (non-hydrogen) atoms. The van der Waals surface area contributed by atoms with Crippen LogP contribution in [-0.4, -0.2) is 18.8 Å². The zero-order valence-electron chi connectivity index (χ0n) is 24.3. The molecule has 0 spiro atoms. The third-order valence-corrected chi connectivity index (χ3v) is 7.58. The SMILES string of the molecule is CCCC1CCC(C(=O)N/C(C=C(C)CC)=C/C(Cl)=C(\C)OC)CC1.CCc1c(C)cccc1C(C)=O. The Morgan fingerprint density at radius 3 is 2.19 bits per heavy atom. The second-order valence-corrected chi connectivity index (χ2v) is 10.5. The number of hydrogen-bond donors (Lipinski definition) is 1. The van der Waals surface area contributed by atoms with Gasteiger partial charge in [0.2, 0.25) is 5.91 Å². The van der Waals surface area contributed by atoms with Crippen molar-refractivity contribution in [2.45, 2.75) is 99.8 Å². The summed E-state index contributed by atoms with van der Waals surface area (Å²) in [4.78, 5) is 23.9. The molecule has 0 aromatic heterocycles. The van der Waals surface area contributed by atoms with Crippen molar-refractivity contribution in [3.63, 3.8) is 0 Å². The normalized spacial score (nSPS) is 18.8. The van der Waals surface area contributed by atoms with Crippen LogP contribution in [0.5, 0.6) is 0 Å². The molecular weight excluding hydrogens is 482 g/mol. The first-order valence-electron chi connectivity index (χ1n) is 13.8. The van der Waals surface area contributed by atoms with Crippen molar-refractivity contribution in [3.8, 4) is 0 Å². The van der Waals surface area contributed by atoms with Crippen LogP contribution in [0.4, 0.5) is 0 Å². The first-order chi connectivity index (χ1) is 17.6. The summed E-state index contributed by atoms with van der Waals surface area (Å²) >= 11 is 6.27. The van der Waals surface area contributed by atoms with E-state index < -0.39 is 0 Å². The minimum Gasteiger partial charge on any atom is -0.500 e. The highest BCUT2D eigenvalue weighted by Gasteiger charge is 2.26. The van der Waals surface area contributed by atoms with E-state index in [1.54, 1.807) is 20.1 Å². The van der Waals surface area contributed by atoms with Crippen LogP contribution in [0.15, 0.2) is 52.4 Å². The van der Waals surface area contributed by atoms with Crippen molar-refractivity contribution in [2.24, 2.45) is 11.8 Å². The largest absolute Gasteiger partial charge is 0.500 e. The molecule has 2 rings (SSSR count). The van der Waals surface area contributed by atoms with E-state index in [0.29, 0.717) is 10.8 Å². The van der Waals surface area contributed by atoms with Crippen LogP contribution in [0.25, 0.3) is 0 Å². The average molecular weight is 530 g/mol. The number of hydrogen-bond acceptors (Lipinski definition) is 3. The first kappa shape index (κ1) is 32.7. The van der Waals surface area contributed by atoms with Crippen molar-refractivity contribution in [1.29, 1.82) is 0 Å². The number of ketones is 1. The molecule has 0 unspecified atom stereocenters. The molecular formula is C32H48ClNO3. The Labute approximate surface area is 230 Å². The van der Waals surface area contributed by atoms with Crippen LogP contribution in [0.2, 0.25) is 0 Å². The maximum atomic E-state index is 12.7. The monoisotopic (exact) mass is 529 g/mol. The molecule has 1 N–H and O–H groups in total. The molecule has 0 radical (unpaired) electrons. The minimum absolute atomic E-state index is 0.109. The van der Waals surface area contributed by atoms with Gasteiger partial charge in [0, 0.05) is 17.2 Å². The van der Waals surface area contributed by atoms with Crippen LogP contribution in [0, 0.1) is 18.8 Å². The summed E-state index contributed by atoms with van der Waals surface area (Å²) in [6, 6.07) is 5.88. The number of methoxy groups -OCH3 is 1. The molecule has 0 atom stereocenters. The summed E-state index contributed by atoms with van der Waals surface area (Å²) < 4.78 is 5.17. The third kappa shape index (κ3) is 11.3. The van der Waals surface area contributed by atoms with Gasteiger partial charge >= 0.3 is 0 Å². The van der Waals surface area contributed by atoms with Gasteiger partial charge in [-0.1, -0.05) is 69.0 Å². The molecule has 0 bridgehead atoms. The molecule has 4 nitrogen and oxygen atoms in total. The second-order valence-electron chi connectivity index (χ2n) is 10.1. The number of carbonyl (C=O) groups excluding carboxylic acids is 2. The number of carbonyl (C=O) groups is 2. The lowest BCUT2D eigenvalue weighted by atomic mass is 9.79. The number of benzene rings is 1. The van der Waals surface area contributed by atoms with Gasteiger partial charge in [-0.2, -0.15) is 0 Å². The summed E-state index contributed by atoms with van der Waals surface area (Å²) in [5.41, 5.74) is 5.20. The molecule has 1 aliphatic carbocycles. The summed E-state index contributed by atoms with van der Waals surface area (Å²) in [5, 5.41) is 3.58. The van der Waals surface area contributed by atoms with E-state index in [9.17, 15) is 9.59 Å². The van der Waals surface area contributed by atoms with Crippen LogP contribution in [-0.2, 0) is 16.0 Å². The van der Waals surface area contributed by atoms with E-state index in [1.807, 2.05) is 38.1 Å². The van der Waals surface area contributed by atoms with Gasteiger partial charge in [-0.05, 0) is 95.4 Å². The van der Waals surface area contributed by atoms with Gasteiger partial charge in [-0.15, -0.1) is 0 Å². The van der Waals surface area contributed by atoms with Gasteiger partial charge in [0.25, 0.3) is 0 Å². The Bertz CT molecular complexity index is 982. The quantitative estimate of drug-likeness (QED) is 0.187. The average Bonchev–Trinajstić information content (AvgIpc) is 2.88. The van der Waals surface area contributed by atoms with E-state index in [4.69, 9.17) is 16.3 Å². The summed E-state index contributed by atoms with van der Waals surface area (Å²) in [7, 11) is 1.59. The first-order valence-corrected chi connectivity index (χ1v) is 14.1. The van der Waals surface area contributed by atoms with E-state index in [0.717, 1.165) is 55.7 Å². The van der Waals surface area contributed by atoms with Gasteiger partial charge < -0.3 is 10.1 Å². The van der Waals surface area contributed by atoms with Crippen LogP contribution in [0.1, 0.15) is 108 Å². The molecule has 1 saturated carbocycles. The van der Waals surface area contributed by atoms with Crippen molar-refractivity contribution in [2.75, 3.05) is 7.11 Å². The Balaban J connectivity index is 0.000000474. The highest BCUT2D eigenvalue weighted by Crippen LogP contribution is 2.32. The molecule has 0 heterocycles. The molecule has 1 aromatic rings. The van der Waals surface area contributed by atoms with Crippen LogP contribution < -0.4 is 5.32 Å². The number of aryl methyl sites for hydroxylation is 1.